The van der Waals surface area contributed by atoms with Crippen molar-refractivity contribution in [3.05, 3.63) is 66.9 Å². The van der Waals surface area contributed by atoms with Crippen molar-refractivity contribution in [2.75, 3.05) is 36.4 Å². The Labute approximate surface area is 248 Å². The van der Waals surface area contributed by atoms with E-state index >= 15 is 0 Å². The predicted molar refractivity (Wildman–Crippen MR) is 162 cm³/mol. The third kappa shape index (κ3) is 5.36. The standard InChI is InChI=1S/C31H33N9O3/c1-20-13-21(5-7-24(20)42-22-9-11-40-26(14-22)33-19-35-40)36-28-27-23(32-18-34-28)6-8-25(37-27)39-16-31(17-39)10-12-38(15-31)29(41)43-30(2,3)4/h5-9,11,13-14,18-19H,10,12,15-17H2,1-4H3,(H,32,34,36). The molecule has 2 aliphatic heterocycles. The summed E-state index contributed by atoms with van der Waals surface area (Å²) in [4.78, 5) is 34.8. The number of hydrogen-bond acceptors (Lipinski definition) is 10. The van der Waals surface area contributed by atoms with Gasteiger partial charge in [-0.05, 0) is 76.1 Å². The minimum Gasteiger partial charge on any atom is -0.457 e. The Kier molecular flexibility index (Phi) is 6.29. The highest BCUT2D eigenvalue weighted by atomic mass is 16.6. The first-order chi connectivity index (χ1) is 20.6. The molecule has 12 nitrogen and oxygen atoms in total. The van der Waals surface area contributed by atoms with E-state index in [4.69, 9.17) is 14.5 Å². The van der Waals surface area contributed by atoms with Crippen LogP contribution in [0.5, 0.6) is 11.5 Å². The van der Waals surface area contributed by atoms with Gasteiger partial charge in [0.25, 0.3) is 0 Å². The highest BCUT2D eigenvalue weighted by Gasteiger charge is 2.49. The second-order valence-corrected chi connectivity index (χ2v) is 12.4. The highest BCUT2D eigenvalue weighted by molar-refractivity contribution is 5.88. The van der Waals surface area contributed by atoms with Crippen molar-refractivity contribution in [3.63, 3.8) is 0 Å². The largest absolute Gasteiger partial charge is 0.457 e. The molecular weight excluding hydrogens is 546 g/mol. The van der Waals surface area contributed by atoms with Crippen LogP contribution in [-0.4, -0.2) is 72.3 Å². The average Bonchev–Trinajstić information content (AvgIpc) is 3.61. The molecule has 1 aromatic carbocycles. The van der Waals surface area contributed by atoms with Crippen molar-refractivity contribution >= 4 is 40.1 Å². The summed E-state index contributed by atoms with van der Waals surface area (Å²) >= 11 is 0. The molecule has 0 unspecified atom stereocenters. The second kappa shape index (κ2) is 10.1. The molecule has 0 radical (unpaired) electrons. The fourth-order valence-electron chi connectivity index (χ4n) is 5.76. The molecule has 1 N–H and O–H groups in total. The number of ether oxygens (including phenoxy) is 2. The zero-order chi connectivity index (χ0) is 29.8. The van der Waals surface area contributed by atoms with Crippen LogP contribution in [0.4, 0.5) is 22.1 Å². The van der Waals surface area contributed by atoms with Gasteiger partial charge in [0.15, 0.2) is 11.5 Å². The van der Waals surface area contributed by atoms with Gasteiger partial charge in [0.05, 0.1) is 5.52 Å². The van der Waals surface area contributed by atoms with E-state index in [0.29, 0.717) is 23.6 Å². The van der Waals surface area contributed by atoms with E-state index in [9.17, 15) is 4.79 Å². The Balaban J connectivity index is 1.04. The maximum Gasteiger partial charge on any atom is 0.410 e. The average molecular weight is 580 g/mol. The number of aryl methyl sites for hydroxylation is 1. The molecule has 7 rings (SSSR count). The zero-order valence-electron chi connectivity index (χ0n) is 24.6. The molecule has 0 atom stereocenters. The van der Waals surface area contributed by atoms with Gasteiger partial charge < -0.3 is 24.6 Å². The number of amides is 1. The van der Waals surface area contributed by atoms with Crippen LogP contribution in [0.2, 0.25) is 0 Å². The van der Waals surface area contributed by atoms with Crippen LogP contribution in [0.15, 0.2) is 61.3 Å². The number of nitrogens with zero attached hydrogens (tertiary/aromatic N) is 8. The van der Waals surface area contributed by atoms with Crippen LogP contribution in [0.1, 0.15) is 32.8 Å². The van der Waals surface area contributed by atoms with Crippen LogP contribution in [0, 0.1) is 12.3 Å². The van der Waals surface area contributed by atoms with Crippen molar-refractivity contribution in [2.45, 2.75) is 39.7 Å². The van der Waals surface area contributed by atoms with Crippen LogP contribution in [0.25, 0.3) is 16.7 Å². The molecule has 2 aliphatic rings. The van der Waals surface area contributed by atoms with Gasteiger partial charge in [-0.25, -0.2) is 29.2 Å². The zero-order valence-corrected chi connectivity index (χ0v) is 24.6. The van der Waals surface area contributed by atoms with Crippen LogP contribution >= 0.6 is 0 Å². The number of likely N-dealkylation sites (tertiary alicyclic amines) is 1. The summed E-state index contributed by atoms with van der Waals surface area (Å²) in [6, 6.07) is 13.6. The predicted octanol–water partition coefficient (Wildman–Crippen LogP) is 5.36. The van der Waals surface area contributed by atoms with Gasteiger partial charge in [0.1, 0.15) is 41.1 Å². The van der Waals surface area contributed by atoms with Gasteiger partial charge in [0.2, 0.25) is 0 Å². The van der Waals surface area contributed by atoms with Crippen molar-refractivity contribution in [3.8, 4) is 11.5 Å². The lowest BCUT2D eigenvalue weighted by atomic mass is 9.79. The Hall–Kier alpha value is -5.00. The SMILES string of the molecule is Cc1cc(Nc2ncnc3ccc(N4CC5(CCN(C(=O)OC(C)(C)C)C5)C4)nc23)ccc1Oc1ccn2ncnc2c1. The number of pyridine rings is 2. The Morgan fingerprint density at radius 1 is 1.00 bits per heavy atom. The van der Waals surface area contributed by atoms with Crippen molar-refractivity contribution in [1.29, 1.82) is 0 Å². The molecule has 2 fully saturated rings. The summed E-state index contributed by atoms with van der Waals surface area (Å²) in [5, 5.41) is 7.54. The third-order valence-electron chi connectivity index (χ3n) is 7.85. The first kappa shape index (κ1) is 26.9. The van der Waals surface area contributed by atoms with Gasteiger partial charge in [-0.2, -0.15) is 5.10 Å². The first-order valence-corrected chi connectivity index (χ1v) is 14.3. The van der Waals surface area contributed by atoms with E-state index in [1.54, 1.807) is 10.8 Å². The molecule has 12 heteroatoms. The van der Waals surface area contributed by atoms with Gasteiger partial charge >= 0.3 is 6.09 Å². The Morgan fingerprint density at radius 3 is 2.67 bits per heavy atom. The molecule has 220 valence electrons. The smallest absolute Gasteiger partial charge is 0.410 e. The highest BCUT2D eigenvalue weighted by Crippen LogP contribution is 2.42. The van der Waals surface area contributed by atoms with Gasteiger partial charge in [-0.3, -0.25) is 0 Å². The van der Waals surface area contributed by atoms with E-state index in [2.05, 4.69) is 30.3 Å². The maximum atomic E-state index is 12.6. The summed E-state index contributed by atoms with van der Waals surface area (Å²) in [5.74, 6) is 2.93. The van der Waals surface area contributed by atoms with Gasteiger partial charge in [-0.15, -0.1) is 0 Å². The summed E-state index contributed by atoms with van der Waals surface area (Å²) in [6.45, 7) is 10.8. The molecule has 0 aliphatic carbocycles. The lowest BCUT2D eigenvalue weighted by Gasteiger charge is -2.48. The monoisotopic (exact) mass is 579 g/mol. The number of carbonyl (C=O) groups is 1. The van der Waals surface area contributed by atoms with E-state index < -0.39 is 5.60 Å². The number of rotatable bonds is 5. The minimum atomic E-state index is -0.496. The van der Waals surface area contributed by atoms with E-state index in [0.717, 1.165) is 60.0 Å². The number of aromatic nitrogens is 6. The molecule has 4 aromatic heterocycles. The first-order valence-electron chi connectivity index (χ1n) is 14.3. The molecule has 5 aromatic rings. The Bertz CT molecular complexity index is 1840. The van der Waals surface area contributed by atoms with Gasteiger partial charge in [0, 0.05) is 49.5 Å². The maximum absolute atomic E-state index is 12.6. The lowest BCUT2D eigenvalue weighted by molar-refractivity contribution is 0.0265. The summed E-state index contributed by atoms with van der Waals surface area (Å²) in [7, 11) is 0. The molecule has 0 saturated carbocycles. The molecule has 6 heterocycles. The van der Waals surface area contributed by atoms with Crippen LogP contribution in [0.3, 0.4) is 0 Å². The molecule has 0 bridgehead atoms. The normalized spacial score (nSPS) is 16.1. The number of benzene rings is 1. The number of carbonyl (C=O) groups excluding carboxylic acids is 1. The van der Waals surface area contributed by atoms with Crippen molar-refractivity contribution in [2.24, 2.45) is 5.41 Å². The van der Waals surface area contributed by atoms with E-state index in [1.807, 2.05) is 81.3 Å². The number of anilines is 3. The Morgan fingerprint density at radius 2 is 1.86 bits per heavy atom. The second-order valence-electron chi connectivity index (χ2n) is 12.4. The van der Waals surface area contributed by atoms with E-state index in [-0.39, 0.29) is 11.5 Å². The van der Waals surface area contributed by atoms with Crippen LogP contribution in [-0.2, 0) is 4.74 Å². The topological polar surface area (TPSA) is 123 Å². The van der Waals surface area contributed by atoms with Crippen molar-refractivity contribution in [1.82, 2.24) is 34.4 Å². The molecule has 43 heavy (non-hydrogen) atoms. The number of fused-ring (bicyclic) bond motifs is 2. The summed E-state index contributed by atoms with van der Waals surface area (Å²) in [5.41, 5.74) is 3.57. The molecule has 1 amide bonds. The summed E-state index contributed by atoms with van der Waals surface area (Å²) in [6.07, 6.45) is 5.59. The van der Waals surface area contributed by atoms with Crippen molar-refractivity contribution < 1.29 is 14.3 Å². The third-order valence-corrected chi connectivity index (χ3v) is 7.85. The van der Waals surface area contributed by atoms with E-state index in [1.165, 1.54) is 6.33 Å². The lowest BCUT2D eigenvalue weighted by Crippen LogP contribution is -2.58. The molecule has 1 spiro atoms. The summed E-state index contributed by atoms with van der Waals surface area (Å²) < 4.78 is 13.4. The quantitative estimate of drug-likeness (QED) is 0.291. The fourth-order valence-corrected chi connectivity index (χ4v) is 5.76. The molecule has 2 saturated heterocycles. The minimum absolute atomic E-state index is 0.0737. The number of nitrogens with one attached hydrogen (secondary N) is 1. The fraction of sp³-hybridized carbons (Fsp3) is 0.355. The number of hydrogen-bond donors (Lipinski definition) is 1. The molecular formula is C31H33N9O3. The van der Waals surface area contributed by atoms with Crippen LogP contribution < -0.4 is 15.0 Å². The van der Waals surface area contributed by atoms with Gasteiger partial charge in [-0.1, -0.05) is 0 Å².